The first-order chi connectivity index (χ1) is 16.8. The number of aromatic hydroxyl groups is 1. The molecule has 3 heterocycles. The number of carbonyl (C=O) groups is 1. The van der Waals surface area contributed by atoms with E-state index in [1.165, 1.54) is 18.2 Å². The van der Waals surface area contributed by atoms with E-state index in [4.69, 9.17) is 11.6 Å². The number of phenols is 1. The number of anilines is 1. The third-order valence-corrected chi connectivity index (χ3v) is 6.85. The maximum absolute atomic E-state index is 16.0. The Morgan fingerprint density at radius 1 is 1.20 bits per heavy atom. The number of allylic oxidation sites excluding steroid dienone is 1. The standard InChI is InChI=1S/C26H23ClF2N4O2/c1-3-21(35)32-7-9-33(10-8-32)26-15-11-14(2)30-13-19(15)31-25-16(26)12-17(27)22(24(25)29)23-18(28)5-4-6-20(23)34/h3-6,12,30,34H,1-2,7-11,13H2. The van der Waals surface area contributed by atoms with E-state index in [2.05, 4.69) is 28.4 Å². The monoisotopic (exact) mass is 496 g/mol. The quantitative estimate of drug-likeness (QED) is 0.521. The van der Waals surface area contributed by atoms with Gasteiger partial charge in [-0.15, -0.1) is 0 Å². The molecule has 0 saturated carbocycles. The number of carbonyl (C=O) groups excluding carboxylic acids is 1. The summed E-state index contributed by atoms with van der Waals surface area (Å²) in [6.45, 7) is 9.99. The highest BCUT2D eigenvalue weighted by atomic mass is 35.5. The number of hydrogen-bond donors (Lipinski definition) is 2. The van der Waals surface area contributed by atoms with Crippen molar-refractivity contribution in [3.63, 3.8) is 0 Å². The Labute approximate surface area is 206 Å². The van der Waals surface area contributed by atoms with Gasteiger partial charge in [-0.1, -0.05) is 30.8 Å². The number of amides is 1. The number of nitrogens with zero attached hydrogens (tertiary/aromatic N) is 3. The summed E-state index contributed by atoms with van der Waals surface area (Å²) in [7, 11) is 0. The van der Waals surface area contributed by atoms with Crippen molar-refractivity contribution in [2.24, 2.45) is 0 Å². The Morgan fingerprint density at radius 2 is 1.94 bits per heavy atom. The number of rotatable bonds is 3. The number of piperazine rings is 1. The third kappa shape index (κ3) is 3.87. The van der Waals surface area contributed by atoms with Gasteiger partial charge >= 0.3 is 0 Å². The predicted molar refractivity (Wildman–Crippen MR) is 132 cm³/mol. The van der Waals surface area contributed by atoms with Gasteiger partial charge in [-0.3, -0.25) is 4.79 Å². The average Bonchev–Trinajstić information content (AvgIpc) is 2.84. The number of benzene rings is 2. The first-order valence-electron chi connectivity index (χ1n) is 11.2. The Hall–Kier alpha value is -3.65. The highest BCUT2D eigenvalue weighted by Crippen LogP contribution is 2.44. The SMILES string of the molecule is C=CC(=O)N1CCN(c2c3c(nc4c(F)c(-c5c(O)cccc5F)c(Cl)cc24)CNC(=C)C3)CC1. The molecule has 1 amide bonds. The van der Waals surface area contributed by atoms with Crippen molar-refractivity contribution in [2.45, 2.75) is 13.0 Å². The molecule has 3 aromatic rings. The summed E-state index contributed by atoms with van der Waals surface area (Å²) in [4.78, 5) is 20.5. The molecule has 1 saturated heterocycles. The summed E-state index contributed by atoms with van der Waals surface area (Å²) in [5.41, 5.74) is 2.68. The maximum atomic E-state index is 16.0. The Bertz CT molecular complexity index is 1380. The highest BCUT2D eigenvalue weighted by molar-refractivity contribution is 6.34. The number of hydrogen-bond acceptors (Lipinski definition) is 5. The van der Waals surface area contributed by atoms with Crippen LogP contribution in [0.2, 0.25) is 5.02 Å². The summed E-state index contributed by atoms with van der Waals surface area (Å²) < 4.78 is 30.7. The van der Waals surface area contributed by atoms with E-state index in [1.54, 1.807) is 11.0 Å². The topological polar surface area (TPSA) is 68.7 Å². The van der Waals surface area contributed by atoms with Gasteiger partial charge in [-0.05, 0) is 24.3 Å². The molecule has 1 aromatic heterocycles. The average molecular weight is 497 g/mol. The predicted octanol–water partition coefficient (Wildman–Crippen LogP) is 4.53. The molecule has 0 atom stereocenters. The molecule has 0 radical (unpaired) electrons. The van der Waals surface area contributed by atoms with Crippen LogP contribution in [0, 0.1) is 11.6 Å². The molecule has 180 valence electrons. The van der Waals surface area contributed by atoms with Crippen molar-refractivity contribution in [3.05, 3.63) is 77.1 Å². The highest BCUT2D eigenvalue weighted by Gasteiger charge is 2.30. The normalized spacial score (nSPS) is 15.7. The molecule has 35 heavy (non-hydrogen) atoms. The molecule has 2 aliphatic rings. The summed E-state index contributed by atoms with van der Waals surface area (Å²) >= 11 is 6.54. The van der Waals surface area contributed by atoms with Crippen LogP contribution in [-0.2, 0) is 17.8 Å². The minimum Gasteiger partial charge on any atom is -0.507 e. The van der Waals surface area contributed by atoms with E-state index in [9.17, 15) is 14.3 Å². The van der Waals surface area contributed by atoms with Gasteiger partial charge in [0, 0.05) is 54.8 Å². The molecule has 5 rings (SSSR count). The van der Waals surface area contributed by atoms with Crippen LogP contribution >= 0.6 is 11.6 Å². The largest absolute Gasteiger partial charge is 0.507 e. The molecule has 0 aliphatic carbocycles. The van der Waals surface area contributed by atoms with Gasteiger partial charge < -0.3 is 20.2 Å². The molecule has 2 aliphatic heterocycles. The number of pyridine rings is 1. The van der Waals surface area contributed by atoms with Crippen LogP contribution < -0.4 is 10.2 Å². The first-order valence-corrected chi connectivity index (χ1v) is 11.6. The second-order valence-corrected chi connectivity index (χ2v) is 9.02. The minimum absolute atomic E-state index is 0.0355. The fourth-order valence-corrected chi connectivity index (χ4v) is 5.13. The van der Waals surface area contributed by atoms with E-state index in [-0.39, 0.29) is 27.6 Å². The summed E-state index contributed by atoms with van der Waals surface area (Å²) in [5.74, 6) is -2.14. The van der Waals surface area contributed by atoms with Crippen molar-refractivity contribution in [3.8, 4) is 16.9 Å². The second kappa shape index (κ2) is 8.85. The van der Waals surface area contributed by atoms with Crippen LogP contribution in [0.15, 0.2) is 49.2 Å². The van der Waals surface area contributed by atoms with Gasteiger partial charge in [-0.25, -0.2) is 13.8 Å². The van der Waals surface area contributed by atoms with Gasteiger partial charge in [0.15, 0.2) is 5.82 Å². The molecule has 0 bridgehead atoms. The fraction of sp³-hybridized carbons (Fsp3) is 0.231. The van der Waals surface area contributed by atoms with Crippen molar-refractivity contribution < 1.29 is 18.7 Å². The summed E-state index contributed by atoms with van der Waals surface area (Å²) in [6.07, 6.45) is 1.80. The van der Waals surface area contributed by atoms with Crippen LogP contribution in [-0.4, -0.2) is 47.1 Å². The number of phenolic OH excluding ortho intramolecular Hbond substituents is 1. The fourth-order valence-electron chi connectivity index (χ4n) is 4.85. The van der Waals surface area contributed by atoms with Crippen molar-refractivity contribution in [2.75, 3.05) is 31.1 Å². The molecule has 9 heteroatoms. The lowest BCUT2D eigenvalue weighted by atomic mass is 9.94. The number of nitrogens with one attached hydrogen (secondary N) is 1. The zero-order valence-corrected chi connectivity index (χ0v) is 19.6. The molecule has 1 fully saturated rings. The van der Waals surface area contributed by atoms with E-state index in [0.717, 1.165) is 23.0 Å². The molecular weight excluding hydrogens is 474 g/mol. The number of halogens is 3. The van der Waals surface area contributed by atoms with Gasteiger partial charge in [0.1, 0.15) is 17.1 Å². The van der Waals surface area contributed by atoms with Gasteiger partial charge in [0.2, 0.25) is 5.91 Å². The molecule has 2 aromatic carbocycles. The smallest absolute Gasteiger partial charge is 0.246 e. The molecule has 0 unspecified atom stereocenters. The van der Waals surface area contributed by atoms with E-state index in [0.29, 0.717) is 50.2 Å². The van der Waals surface area contributed by atoms with Gasteiger partial charge in [-0.2, -0.15) is 0 Å². The lowest BCUT2D eigenvalue weighted by Crippen LogP contribution is -2.48. The lowest BCUT2D eigenvalue weighted by Gasteiger charge is -2.38. The second-order valence-electron chi connectivity index (χ2n) is 8.61. The maximum Gasteiger partial charge on any atom is 0.246 e. The van der Waals surface area contributed by atoms with Crippen LogP contribution in [0.5, 0.6) is 5.75 Å². The number of aromatic nitrogens is 1. The van der Waals surface area contributed by atoms with Crippen LogP contribution in [0.25, 0.3) is 22.0 Å². The van der Waals surface area contributed by atoms with Gasteiger partial charge in [0.05, 0.1) is 28.5 Å². The van der Waals surface area contributed by atoms with Gasteiger partial charge in [0.25, 0.3) is 0 Å². The number of fused-ring (bicyclic) bond motifs is 2. The Kier molecular flexibility index (Phi) is 5.84. The minimum atomic E-state index is -0.804. The van der Waals surface area contributed by atoms with Crippen molar-refractivity contribution in [1.29, 1.82) is 0 Å². The molecule has 0 spiro atoms. The summed E-state index contributed by atoms with van der Waals surface area (Å²) in [5, 5.41) is 13.9. The van der Waals surface area contributed by atoms with E-state index < -0.39 is 17.4 Å². The van der Waals surface area contributed by atoms with Crippen molar-refractivity contribution in [1.82, 2.24) is 15.2 Å². The zero-order valence-electron chi connectivity index (χ0n) is 18.9. The summed E-state index contributed by atoms with van der Waals surface area (Å²) in [6, 6.07) is 5.34. The van der Waals surface area contributed by atoms with E-state index >= 15 is 4.39 Å². The van der Waals surface area contributed by atoms with Crippen LogP contribution in [0.1, 0.15) is 11.3 Å². The molecular formula is C26H23ClF2N4O2. The Morgan fingerprint density at radius 3 is 2.63 bits per heavy atom. The lowest BCUT2D eigenvalue weighted by molar-refractivity contribution is -0.126. The zero-order chi connectivity index (χ0) is 24.9. The third-order valence-electron chi connectivity index (χ3n) is 6.55. The van der Waals surface area contributed by atoms with Crippen LogP contribution in [0.4, 0.5) is 14.5 Å². The Balaban J connectivity index is 1.72. The first kappa shape index (κ1) is 23.1. The molecule has 2 N–H and O–H groups in total. The van der Waals surface area contributed by atoms with Crippen molar-refractivity contribution >= 4 is 34.1 Å². The van der Waals surface area contributed by atoms with E-state index in [1.807, 2.05) is 0 Å². The van der Waals surface area contributed by atoms with Crippen LogP contribution in [0.3, 0.4) is 0 Å². The molecule has 6 nitrogen and oxygen atoms in total.